The van der Waals surface area contributed by atoms with Crippen molar-refractivity contribution in [2.45, 2.75) is 33.6 Å². The third-order valence-electron chi connectivity index (χ3n) is 4.91. The average molecular weight is 415 g/mol. The van der Waals surface area contributed by atoms with E-state index in [1.54, 1.807) is 39.0 Å². The Morgan fingerprint density at radius 1 is 1.07 bits per heavy atom. The number of benzene rings is 1. The largest absolute Gasteiger partial charge is 0.465 e. The smallest absolute Gasteiger partial charge is 0.336 e. The monoisotopic (exact) mass is 415 g/mol. The molecule has 0 saturated carbocycles. The van der Waals surface area contributed by atoms with Crippen LogP contribution in [0.5, 0.6) is 0 Å². The Morgan fingerprint density at radius 2 is 1.87 bits per heavy atom. The molecule has 1 aromatic heterocycles. The van der Waals surface area contributed by atoms with Gasteiger partial charge in [0.15, 0.2) is 0 Å². The van der Waals surface area contributed by atoms with Crippen LogP contribution >= 0.6 is 0 Å². The second-order valence-electron chi connectivity index (χ2n) is 6.77. The van der Waals surface area contributed by atoms with Crippen LogP contribution in [0.4, 0.5) is 0 Å². The first-order valence-corrected chi connectivity index (χ1v) is 9.88. The van der Waals surface area contributed by atoms with Crippen LogP contribution in [-0.2, 0) is 23.8 Å². The number of fused-ring (bicyclic) bond motifs is 1. The van der Waals surface area contributed by atoms with Crippen molar-refractivity contribution >= 4 is 28.7 Å². The third-order valence-corrected chi connectivity index (χ3v) is 4.91. The fourth-order valence-electron chi connectivity index (χ4n) is 3.67. The molecule has 0 aliphatic carbocycles. The predicted octanol–water partition coefficient (Wildman–Crippen LogP) is 2.81. The Balaban J connectivity index is 2.09. The van der Waals surface area contributed by atoms with E-state index in [1.807, 2.05) is 6.92 Å². The quantitative estimate of drug-likeness (QED) is 0.478. The molecule has 0 spiro atoms. The number of hydrogen-bond acceptors (Lipinski definition) is 9. The molecule has 2 atom stereocenters. The summed E-state index contributed by atoms with van der Waals surface area (Å²) < 4.78 is 20.8. The summed E-state index contributed by atoms with van der Waals surface area (Å²) in [6.45, 7) is 8.17. The minimum absolute atomic E-state index is 0.0959. The van der Waals surface area contributed by atoms with Gasteiger partial charge in [-0.3, -0.25) is 9.79 Å². The van der Waals surface area contributed by atoms with Crippen LogP contribution in [0, 0.1) is 5.92 Å². The van der Waals surface area contributed by atoms with Gasteiger partial charge in [-0.1, -0.05) is 12.1 Å². The Bertz CT molecular complexity index is 994. The number of carbonyl (C=O) groups is 2. The number of allylic oxidation sites excluding steroid dienone is 1. The average Bonchev–Trinajstić information content (AvgIpc) is 3.19. The van der Waals surface area contributed by atoms with Crippen molar-refractivity contribution in [3.63, 3.8) is 0 Å². The van der Waals surface area contributed by atoms with Crippen molar-refractivity contribution in [1.29, 1.82) is 0 Å². The normalized spacial score (nSPS) is 19.0. The lowest BCUT2D eigenvalue weighted by atomic mass is 9.75. The number of rotatable bonds is 8. The van der Waals surface area contributed by atoms with E-state index in [9.17, 15) is 9.59 Å². The maximum Gasteiger partial charge on any atom is 0.336 e. The summed E-state index contributed by atoms with van der Waals surface area (Å²) in [4.78, 5) is 30.4. The molecule has 1 aliphatic rings. The summed E-state index contributed by atoms with van der Waals surface area (Å²) in [5.74, 6) is -2.53. The second-order valence-corrected chi connectivity index (χ2v) is 6.77. The van der Waals surface area contributed by atoms with E-state index in [-0.39, 0.29) is 25.4 Å². The Kier molecular flexibility index (Phi) is 6.94. The van der Waals surface area contributed by atoms with E-state index in [0.29, 0.717) is 34.6 Å². The Morgan fingerprint density at radius 3 is 2.60 bits per heavy atom. The molecule has 9 heteroatoms. The lowest BCUT2D eigenvalue weighted by Crippen LogP contribution is -2.36. The first-order chi connectivity index (χ1) is 14.5. The first-order valence-electron chi connectivity index (χ1n) is 9.88. The molecule has 0 amide bonds. The number of nitrogens with zero attached hydrogens (tertiary/aromatic N) is 3. The molecule has 1 aromatic carbocycles. The summed E-state index contributed by atoms with van der Waals surface area (Å²) in [5, 5.41) is 7.87. The van der Waals surface area contributed by atoms with Crippen molar-refractivity contribution in [3.8, 4) is 0 Å². The number of hydrogen-bond donors (Lipinski definition) is 0. The van der Waals surface area contributed by atoms with Gasteiger partial charge in [0.2, 0.25) is 0 Å². The summed E-state index contributed by atoms with van der Waals surface area (Å²) in [6, 6.07) is 5.32. The van der Waals surface area contributed by atoms with Gasteiger partial charge in [-0.2, -0.15) is 0 Å². The number of esters is 2. The van der Waals surface area contributed by atoms with E-state index in [2.05, 4.69) is 15.3 Å². The van der Waals surface area contributed by atoms with Crippen LogP contribution in [0.25, 0.3) is 11.0 Å². The minimum Gasteiger partial charge on any atom is -0.465 e. The highest BCUT2D eigenvalue weighted by atomic mass is 16.6. The van der Waals surface area contributed by atoms with Crippen LogP contribution in [0.2, 0.25) is 0 Å². The van der Waals surface area contributed by atoms with Crippen molar-refractivity contribution in [1.82, 2.24) is 10.3 Å². The molecule has 0 bridgehead atoms. The summed E-state index contributed by atoms with van der Waals surface area (Å²) in [7, 11) is 0. The lowest BCUT2D eigenvalue weighted by Gasteiger charge is -2.31. The Hall–Kier alpha value is -3.07. The maximum atomic E-state index is 13.0. The molecule has 0 fully saturated rings. The Labute approximate surface area is 174 Å². The first kappa shape index (κ1) is 21.6. The highest BCUT2D eigenvalue weighted by molar-refractivity contribution is 6.07. The lowest BCUT2D eigenvalue weighted by molar-refractivity contribution is -0.146. The van der Waals surface area contributed by atoms with Gasteiger partial charge >= 0.3 is 11.9 Å². The molecule has 9 nitrogen and oxygen atoms in total. The molecule has 0 radical (unpaired) electrons. The molecule has 1 aliphatic heterocycles. The van der Waals surface area contributed by atoms with E-state index in [4.69, 9.17) is 18.8 Å². The molecule has 2 heterocycles. The van der Waals surface area contributed by atoms with E-state index < -0.39 is 23.8 Å². The van der Waals surface area contributed by atoms with Crippen molar-refractivity contribution in [2.24, 2.45) is 10.9 Å². The van der Waals surface area contributed by atoms with E-state index >= 15 is 0 Å². The zero-order valence-corrected chi connectivity index (χ0v) is 17.5. The van der Waals surface area contributed by atoms with Gasteiger partial charge in [0.1, 0.15) is 23.6 Å². The highest BCUT2D eigenvalue weighted by Crippen LogP contribution is 2.42. The molecule has 30 heavy (non-hydrogen) atoms. The maximum absolute atomic E-state index is 13.0. The summed E-state index contributed by atoms with van der Waals surface area (Å²) >= 11 is 0. The van der Waals surface area contributed by atoms with Gasteiger partial charge in [-0.25, -0.2) is 9.42 Å². The van der Waals surface area contributed by atoms with Crippen LogP contribution in [0.15, 0.2) is 39.1 Å². The molecular weight excluding hydrogens is 390 g/mol. The predicted molar refractivity (Wildman–Crippen MR) is 108 cm³/mol. The SMILES string of the molecule is CCOCCOC(=O)C1=C(C)N=C(C)C(C(=O)OCC)C1c1cccc2nonc12. The van der Waals surface area contributed by atoms with Crippen LogP contribution in [0.3, 0.4) is 0 Å². The number of ether oxygens (including phenoxy) is 3. The van der Waals surface area contributed by atoms with Gasteiger partial charge in [0.05, 0.1) is 18.8 Å². The zero-order valence-electron chi connectivity index (χ0n) is 17.5. The fourth-order valence-corrected chi connectivity index (χ4v) is 3.67. The van der Waals surface area contributed by atoms with Gasteiger partial charge in [-0.15, -0.1) is 0 Å². The van der Waals surface area contributed by atoms with Crippen molar-refractivity contribution in [2.75, 3.05) is 26.4 Å². The number of aromatic nitrogens is 2. The fraction of sp³-hybridized carbons (Fsp3) is 0.476. The molecule has 160 valence electrons. The third kappa shape index (κ3) is 4.25. The molecule has 2 aromatic rings. The number of carbonyl (C=O) groups excluding carboxylic acids is 2. The molecule has 0 N–H and O–H groups in total. The summed E-state index contributed by atoms with van der Waals surface area (Å²) in [5.41, 5.74) is 2.93. The van der Waals surface area contributed by atoms with Crippen molar-refractivity contribution < 1.29 is 28.4 Å². The van der Waals surface area contributed by atoms with Gasteiger partial charge in [-0.05, 0) is 49.6 Å². The van der Waals surface area contributed by atoms with Gasteiger partial charge in [0, 0.05) is 23.9 Å². The van der Waals surface area contributed by atoms with Crippen molar-refractivity contribution in [3.05, 3.63) is 35.0 Å². The van der Waals surface area contributed by atoms with Gasteiger partial charge < -0.3 is 14.2 Å². The molecular formula is C21H25N3O6. The molecule has 0 saturated heterocycles. The van der Waals surface area contributed by atoms with Crippen LogP contribution in [0.1, 0.15) is 39.2 Å². The summed E-state index contributed by atoms with van der Waals surface area (Å²) in [6.07, 6.45) is 0. The molecule has 3 rings (SSSR count). The highest BCUT2D eigenvalue weighted by Gasteiger charge is 2.43. The second kappa shape index (κ2) is 9.62. The topological polar surface area (TPSA) is 113 Å². The standard InChI is InChI=1S/C21H25N3O6/c1-5-27-10-11-29-21(26)17-13(4)22-12(3)16(20(25)28-6-2)18(17)14-8-7-9-15-19(14)24-30-23-15/h7-9,16,18H,5-6,10-11H2,1-4H3. The van der Waals surface area contributed by atoms with Crippen LogP contribution < -0.4 is 0 Å². The van der Waals surface area contributed by atoms with Gasteiger partial charge in [0.25, 0.3) is 0 Å². The van der Waals surface area contributed by atoms with Crippen LogP contribution in [-0.4, -0.2) is 54.4 Å². The molecule has 2 unspecified atom stereocenters. The van der Waals surface area contributed by atoms with E-state index in [0.717, 1.165) is 0 Å². The van der Waals surface area contributed by atoms with E-state index in [1.165, 1.54) is 0 Å². The number of aliphatic imine (C=N–C) groups is 1. The minimum atomic E-state index is -0.801. The zero-order chi connectivity index (χ0) is 21.7.